The second kappa shape index (κ2) is 4.79. The van der Waals surface area contributed by atoms with E-state index in [1.54, 1.807) is 0 Å². The number of nitrogens with one attached hydrogen (secondary N) is 1. The van der Waals surface area contributed by atoms with Gasteiger partial charge in [0.15, 0.2) is 0 Å². The van der Waals surface area contributed by atoms with Gasteiger partial charge in [0.2, 0.25) is 0 Å². The fourth-order valence-electron chi connectivity index (χ4n) is 2.91. The molecule has 6 heteroatoms. The summed E-state index contributed by atoms with van der Waals surface area (Å²) in [5, 5.41) is 3.10. The van der Waals surface area contributed by atoms with Crippen LogP contribution in [0.25, 0.3) is 11.0 Å². The van der Waals surface area contributed by atoms with E-state index < -0.39 is 17.4 Å². The molecule has 0 radical (unpaired) electrons. The lowest BCUT2D eigenvalue weighted by molar-refractivity contribution is -0.136. The molecule has 3 rings (SSSR count). The standard InChI is InChI=1S/C15H14F3NO2/c1-2-8-3-4-19-12-7-13-10(5-9(8)12)11(15(16,17)18)6-14(20)21-13/h5-8,19H,2-4H2,1H3/t8-/m0/s1. The van der Waals surface area contributed by atoms with Gasteiger partial charge in [-0.1, -0.05) is 6.92 Å². The Morgan fingerprint density at radius 1 is 1.33 bits per heavy atom. The van der Waals surface area contributed by atoms with Gasteiger partial charge >= 0.3 is 11.8 Å². The minimum Gasteiger partial charge on any atom is -0.423 e. The number of alkyl halides is 3. The van der Waals surface area contributed by atoms with Crippen LogP contribution in [0.3, 0.4) is 0 Å². The molecule has 0 fully saturated rings. The third kappa shape index (κ3) is 2.39. The van der Waals surface area contributed by atoms with Crippen molar-refractivity contribution in [1.29, 1.82) is 0 Å². The summed E-state index contributed by atoms with van der Waals surface area (Å²) >= 11 is 0. The van der Waals surface area contributed by atoms with Gasteiger partial charge in [-0.25, -0.2) is 4.79 Å². The van der Waals surface area contributed by atoms with E-state index in [9.17, 15) is 18.0 Å². The Morgan fingerprint density at radius 3 is 2.76 bits per heavy atom. The van der Waals surface area contributed by atoms with Gasteiger partial charge in [0.05, 0.1) is 5.56 Å². The molecule has 21 heavy (non-hydrogen) atoms. The van der Waals surface area contributed by atoms with E-state index in [4.69, 9.17) is 4.42 Å². The smallest absolute Gasteiger partial charge is 0.417 e. The van der Waals surface area contributed by atoms with Crippen molar-refractivity contribution in [3.05, 3.63) is 39.7 Å². The fraction of sp³-hybridized carbons (Fsp3) is 0.400. The highest BCUT2D eigenvalue weighted by Crippen LogP contribution is 2.40. The third-order valence-corrected chi connectivity index (χ3v) is 3.96. The first-order valence-corrected chi connectivity index (χ1v) is 6.83. The predicted molar refractivity (Wildman–Crippen MR) is 73.6 cm³/mol. The number of anilines is 1. The molecule has 3 nitrogen and oxygen atoms in total. The van der Waals surface area contributed by atoms with Crippen LogP contribution in [0.15, 0.2) is 27.4 Å². The molecule has 0 amide bonds. The van der Waals surface area contributed by atoms with E-state index in [1.165, 1.54) is 12.1 Å². The molecule has 1 aromatic carbocycles. The molecule has 0 unspecified atom stereocenters. The second-order valence-electron chi connectivity index (χ2n) is 5.23. The molecule has 0 aliphatic carbocycles. The monoisotopic (exact) mass is 297 g/mol. The lowest BCUT2D eigenvalue weighted by Crippen LogP contribution is -2.17. The van der Waals surface area contributed by atoms with Crippen LogP contribution in [-0.2, 0) is 6.18 Å². The highest BCUT2D eigenvalue weighted by Gasteiger charge is 2.34. The van der Waals surface area contributed by atoms with Crippen LogP contribution >= 0.6 is 0 Å². The average molecular weight is 297 g/mol. The van der Waals surface area contributed by atoms with E-state index >= 15 is 0 Å². The normalized spacial score (nSPS) is 18.4. The van der Waals surface area contributed by atoms with Gasteiger partial charge in [-0.3, -0.25) is 0 Å². The van der Waals surface area contributed by atoms with Crippen LogP contribution in [0.4, 0.5) is 18.9 Å². The van der Waals surface area contributed by atoms with E-state index in [0.29, 0.717) is 6.07 Å². The van der Waals surface area contributed by atoms with E-state index in [2.05, 4.69) is 5.32 Å². The predicted octanol–water partition coefficient (Wildman–Crippen LogP) is 4.12. The van der Waals surface area contributed by atoms with Crippen LogP contribution in [0.5, 0.6) is 0 Å². The molecule has 0 saturated heterocycles. The minimum atomic E-state index is -4.58. The van der Waals surface area contributed by atoms with Crippen molar-refractivity contribution < 1.29 is 17.6 Å². The van der Waals surface area contributed by atoms with Crippen molar-refractivity contribution in [2.24, 2.45) is 0 Å². The summed E-state index contributed by atoms with van der Waals surface area (Å²) in [5.74, 6) is 0.221. The van der Waals surface area contributed by atoms with Gasteiger partial charge in [0.25, 0.3) is 0 Å². The lowest BCUT2D eigenvalue weighted by Gasteiger charge is -2.26. The molecule has 1 atom stereocenters. The zero-order valence-corrected chi connectivity index (χ0v) is 11.4. The number of benzene rings is 1. The number of halogens is 3. The first kappa shape index (κ1) is 14.0. The summed E-state index contributed by atoms with van der Waals surface area (Å²) in [4.78, 5) is 11.4. The summed E-state index contributed by atoms with van der Waals surface area (Å²) in [6, 6.07) is 3.53. The molecule has 2 heterocycles. The highest BCUT2D eigenvalue weighted by atomic mass is 19.4. The maximum absolute atomic E-state index is 13.1. The molecule has 0 spiro atoms. The van der Waals surface area contributed by atoms with Crippen molar-refractivity contribution in [1.82, 2.24) is 0 Å². The molecular weight excluding hydrogens is 283 g/mol. The molecule has 1 aromatic heterocycles. The Bertz CT molecular complexity index is 749. The molecule has 112 valence electrons. The van der Waals surface area contributed by atoms with Crippen LogP contribution in [-0.4, -0.2) is 6.54 Å². The van der Waals surface area contributed by atoms with Crippen LogP contribution in [0, 0.1) is 0 Å². The Morgan fingerprint density at radius 2 is 2.10 bits per heavy atom. The first-order valence-electron chi connectivity index (χ1n) is 6.83. The summed E-state index contributed by atoms with van der Waals surface area (Å²) < 4.78 is 44.3. The SMILES string of the molecule is CC[C@H]1CCNc2cc3oc(=O)cc(C(F)(F)F)c3cc21. The van der Waals surface area contributed by atoms with E-state index in [1.807, 2.05) is 6.92 Å². The number of fused-ring (bicyclic) bond motifs is 2. The van der Waals surface area contributed by atoms with Gasteiger partial charge in [-0.15, -0.1) is 0 Å². The number of rotatable bonds is 1. The summed E-state index contributed by atoms with van der Waals surface area (Å²) in [6.07, 6.45) is -2.84. The first-order chi connectivity index (χ1) is 9.90. The van der Waals surface area contributed by atoms with Crippen molar-refractivity contribution in [3.63, 3.8) is 0 Å². The zero-order chi connectivity index (χ0) is 15.2. The summed E-state index contributed by atoms with van der Waals surface area (Å²) in [6.45, 7) is 2.78. The fourth-order valence-corrected chi connectivity index (χ4v) is 2.91. The Balaban J connectivity index is 2.33. The lowest BCUT2D eigenvalue weighted by atomic mass is 9.87. The van der Waals surface area contributed by atoms with Crippen LogP contribution in [0.1, 0.15) is 36.8 Å². The minimum absolute atomic E-state index is 0.0298. The molecule has 1 aliphatic rings. The van der Waals surface area contributed by atoms with Gasteiger partial charge in [0, 0.05) is 29.8 Å². The van der Waals surface area contributed by atoms with E-state index in [0.717, 1.165) is 30.6 Å². The van der Waals surface area contributed by atoms with Crippen LogP contribution < -0.4 is 10.9 Å². The highest BCUT2D eigenvalue weighted by molar-refractivity contribution is 5.86. The topological polar surface area (TPSA) is 42.2 Å². The number of hydrogen-bond acceptors (Lipinski definition) is 3. The van der Waals surface area contributed by atoms with Crippen molar-refractivity contribution in [2.75, 3.05) is 11.9 Å². The van der Waals surface area contributed by atoms with Crippen molar-refractivity contribution >= 4 is 16.7 Å². The molecule has 0 bridgehead atoms. The van der Waals surface area contributed by atoms with Gasteiger partial charge < -0.3 is 9.73 Å². The number of hydrogen-bond donors (Lipinski definition) is 1. The largest absolute Gasteiger partial charge is 0.423 e. The quantitative estimate of drug-likeness (QED) is 0.805. The van der Waals surface area contributed by atoms with Gasteiger partial charge in [-0.05, 0) is 30.4 Å². The summed E-state index contributed by atoms with van der Waals surface area (Å²) in [5.41, 5.74) is -0.342. The zero-order valence-electron chi connectivity index (χ0n) is 11.4. The maximum atomic E-state index is 13.1. The molecular formula is C15H14F3NO2. The Hall–Kier alpha value is -1.98. The van der Waals surface area contributed by atoms with Crippen molar-refractivity contribution in [3.8, 4) is 0 Å². The molecule has 0 saturated carbocycles. The molecule has 2 aromatic rings. The van der Waals surface area contributed by atoms with Crippen molar-refractivity contribution in [2.45, 2.75) is 31.9 Å². The van der Waals surface area contributed by atoms with Gasteiger partial charge in [-0.2, -0.15) is 13.2 Å². The second-order valence-corrected chi connectivity index (χ2v) is 5.23. The van der Waals surface area contributed by atoms with Crippen LogP contribution in [0.2, 0.25) is 0 Å². The van der Waals surface area contributed by atoms with E-state index in [-0.39, 0.29) is 16.9 Å². The molecule has 1 N–H and O–H groups in total. The Kier molecular flexibility index (Phi) is 3.19. The average Bonchev–Trinajstić information content (AvgIpc) is 2.42. The summed E-state index contributed by atoms with van der Waals surface area (Å²) in [7, 11) is 0. The maximum Gasteiger partial charge on any atom is 0.417 e. The Labute approximate surface area is 118 Å². The third-order valence-electron chi connectivity index (χ3n) is 3.96. The van der Waals surface area contributed by atoms with Gasteiger partial charge in [0.1, 0.15) is 5.58 Å². The molecule has 1 aliphatic heterocycles.